The van der Waals surface area contributed by atoms with Gasteiger partial charge in [-0.05, 0) is 18.1 Å². The molecule has 0 saturated heterocycles. The van der Waals surface area contributed by atoms with Crippen LogP contribution in [0.4, 0.5) is 5.69 Å². The van der Waals surface area contributed by atoms with Gasteiger partial charge in [0.1, 0.15) is 5.58 Å². The summed E-state index contributed by atoms with van der Waals surface area (Å²) in [4.78, 5) is 34.2. The third-order valence-corrected chi connectivity index (χ3v) is 3.92. The molecule has 0 unspecified atom stereocenters. The first-order valence-electron chi connectivity index (χ1n) is 8.10. The van der Waals surface area contributed by atoms with Crippen LogP contribution in [0, 0.1) is 17.0 Å². The molecule has 1 heterocycles. The van der Waals surface area contributed by atoms with Crippen LogP contribution in [0.25, 0.3) is 11.0 Å². The first kappa shape index (κ1) is 18.1. The molecular weight excluding hydrogens is 352 g/mol. The van der Waals surface area contributed by atoms with Crippen LogP contribution in [0.15, 0.2) is 57.7 Å². The molecule has 2 aromatic carbocycles. The van der Waals surface area contributed by atoms with Gasteiger partial charge >= 0.3 is 11.3 Å². The Morgan fingerprint density at radius 2 is 1.96 bits per heavy atom. The van der Waals surface area contributed by atoms with Crippen molar-refractivity contribution >= 4 is 22.6 Å². The van der Waals surface area contributed by atoms with Crippen molar-refractivity contribution in [1.82, 2.24) is 5.32 Å². The Bertz CT molecular complexity index is 1060. The van der Waals surface area contributed by atoms with Gasteiger partial charge in [-0.25, -0.2) is 4.79 Å². The zero-order valence-corrected chi connectivity index (χ0v) is 14.4. The second kappa shape index (κ2) is 7.69. The molecule has 1 amide bonds. The summed E-state index contributed by atoms with van der Waals surface area (Å²) in [5, 5.41) is 14.4. The van der Waals surface area contributed by atoms with Gasteiger partial charge < -0.3 is 14.5 Å². The van der Waals surface area contributed by atoms with E-state index in [2.05, 4.69) is 5.32 Å². The quantitative estimate of drug-likeness (QED) is 0.407. The third kappa shape index (κ3) is 4.30. The number of nitrogens with zero attached hydrogens (tertiary/aromatic N) is 1. The van der Waals surface area contributed by atoms with E-state index in [0.717, 1.165) is 5.56 Å². The highest BCUT2D eigenvalue weighted by molar-refractivity contribution is 5.85. The van der Waals surface area contributed by atoms with E-state index in [9.17, 15) is 19.7 Å². The molecule has 0 aliphatic rings. The molecule has 0 saturated carbocycles. The van der Waals surface area contributed by atoms with Gasteiger partial charge in [-0.2, -0.15) is 0 Å². The normalized spacial score (nSPS) is 10.6. The van der Waals surface area contributed by atoms with Crippen LogP contribution < -0.4 is 15.7 Å². The first-order chi connectivity index (χ1) is 12.9. The number of nitro groups is 1. The van der Waals surface area contributed by atoms with Crippen LogP contribution in [-0.2, 0) is 11.3 Å². The molecule has 8 nitrogen and oxygen atoms in total. The maximum atomic E-state index is 12.0. The van der Waals surface area contributed by atoms with Crippen LogP contribution in [0.1, 0.15) is 11.1 Å². The van der Waals surface area contributed by atoms with E-state index in [0.29, 0.717) is 17.5 Å². The zero-order valence-electron chi connectivity index (χ0n) is 14.4. The lowest BCUT2D eigenvalue weighted by Gasteiger charge is -2.09. The number of nitro benzene ring substituents is 1. The average Bonchev–Trinajstić information content (AvgIpc) is 2.64. The molecule has 0 spiro atoms. The van der Waals surface area contributed by atoms with E-state index in [-0.39, 0.29) is 17.0 Å². The lowest BCUT2D eigenvalue weighted by atomic mass is 10.1. The summed E-state index contributed by atoms with van der Waals surface area (Å²) < 4.78 is 10.4. The average molecular weight is 368 g/mol. The predicted octanol–water partition coefficient (Wildman–Crippen LogP) is 2.70. The van der Waals surface area contributed by atoms with Crippen molar-refractivity contribution in [2.75, 3.05) is 6.61 Å². The Balaban J connectivity index is 1.77. The van der Waals surface area contributed by atoms with Crippen LogP contribution in [0.3, 0.4) is 0 Å². The molecule has 0 atom stereocenters. The monoisotopic (exact) mass is 368 g/mol. The number of carbonyl (C=O) groups excluding carboxylic acids is 1. The summed E-state index contributed by atoms with van der Waals surface area (Å²) in [7, 11) is 0. The summed E-state index contributed by atoms with van der Waals surface area (Å²) in [6, 6.07) is 13.1. The van der Waals surface area contributed by atoms with Crippen molar-refractivity contribution in [3.05, 3.63) is 80.2 Å². The Hall–Kier alpha value is -3.68. The summed E-state index contributed by atoms with van der Waals surface area (Å²) in [5.74, 6) is -0.574. The van der Waals surface area contributed by atoms with Crippen LogP contribution >= 0.6 is 0 Å². The van der Waals surface area contributed by atoms with Crippen molar-refractivity contribution in [3.8, 4) is 5.75 Å². The molecule has 27 heavy (non-hydrogen) atoms. The molecule has 3 rings (SSSR count). The predicted molar refractivity (Wildman–Crippen MR) is 97.7 cm³/mol. The summed E-state index contributed by atoms with van der Waals surface area (Å²) in [5.41, 5.74) is 0.747. The molecule has 0 bridgehead atoms. The summed E-state index contributed by atoms with van der Waals surface area (Å²) >= 11 is 0. The molecule has 0 aliphatic heterocycles. The largest absolute Gasteiger partial charge is 0.477 e. The van der Waals surface area contributed by atoms with E-state index in [1.54, 1.807) is 6.92 Å². The summed E-state index contributed by atoms with van der Waals surface area (Å²) in [6.45, 7) is 1.56. The second-order valence-corrected chi connectivity index (χ2v) is 5.87. The minimum absolute atomic E-state index is 0.142. The van der Waals surface area contributed by atoms with Gasteiger partial charge in [0, 0.05) is 30.1 Å². The Morgan fingerprint density at radius 3 is 2.67 bits per heavy atom. The van der Waals surface area contributed by atoms with E-state index in [4.69, 9.17) is 9.15 Å². The van der Waals surface area contributed by atoms with Crippen LogP contribution in [-0.4, -0.2) is 17.4 Å². The molecule has 3 aromatic rings. The molecule has 1 N–H and O–H groups in total. The lowest BCUT2D eigenvalue weighted by molar-refractivity contribution is -0.385. The number of aryl methyl sites for hydroxylation is 1. The SMILES string of the molecule is Cc1cc(=O)oc2cc(OCC(=O)NCc3ccccc3)c([N+](=O)[O-])cc12. The zero-order chi connectivity index (χ0) is 19.4. The van der Waals surface area contributed by atoms with E-state index in [1.165, 1.54) is 18.2 Å². The van der Waals surface area contributed by atoms with Crippen LogP contribution in [0.2, 0.25) is 0 Å². The fourth-order valence-electron chi connectivity index (χ4n) is 2.58. The Labute approximate surface area is 153 Å². The van der Waals surface area contributed by atoms with Crippen molar-refractivity contribution in [2.24, 2.45) is 0 Å². The first-order valence-corrected chi connectivity index (χ1v) is 8.10. The number of nitrogens with one attached hydrogen (secondary N) is 1. The fourth-order valence-corrected chi connectivity index (χ4v) is 2.58. The smallest absolute Gasteiger partial charge is 0.336 e. The van der Waals surface area contributed by atoms with E-state index in [1.807, 2.05) is 30.3 Å². The standard InChI is InChI=1S/C19H16N2O6/c1-12-7-19(23)27-16-9-17(15(21(24)25)8-14(12)16)26-11-18(22)20-10-13-5-3-2-4-6-13/h2-9H,10-11H2,1H3,(H,20,22). The number of hydrogen-bond acceptors (Lipinski definition) is 6. The molecule has 0 radical (unpaired) electrons. The lowest BCUT2D eigenvalue weighted by Crippen LogP contribution is -2.28. The van der Waals surface area contributed by atoms with E-state index < -0.39 is 23.1 Å². The minimum Gasteiger partial charge on any atom is -0.477 e. The number of amides is 1. The molecule has 138 valence electrons. The molecule has 0 aliphatic carbocycles. The highest BCUT2D eigenvalue weighted by atomic mass is 16.6. The number of rotatable bonds is 6. The second-order valence-electron chi connectivity index (χ2n) is 5.87. The topological polar surface area (TPSA) is 112 Å². The Morgan fingerprint density at radius 1 is 1.22 bits per heavy atom. The van der Waals surface area contributed by atoms with Gasteiger partial charge in [0.15, 0.2) is 6.61 Å². The molecular formula is C19H16N2O6. The van der Waals surface area contributed by atoms with Gasteiger partial charge in [-0.1, -0.05) is 30.3 Å². The maximum absolute atomic E-state index is 12.0. The molecule has 8 heteroatoms. The highest BCUT2D eigenvalue weighted by Crippen LogP contribution is 2.32. The highest BCUT2D eigenvalue weighted by Gasteiger charge is 2.20. The van der Waals surface area contributed by atoms with Crippen molar-refractivity contribution in [2.45, 2.75) is 13.5 Å². The van der Waals surface area contributed by atoms with Gasteiger partial charge in [-0.15, -0.1) is 0 Å². The van der Waals surface area contributed by atoms with Gasteiger partial charge in [0.2, 0.25) is 5.75 Å². The number of ether oxygens (including phenoxy) is 1. The van der Waals surface area contributed by atoms with E-state index >= 15 is 0 Å². The number of carbonyl (C=O) groups is 1. The molecule has 1 aromatic heterocycles. The number of fused-ring (bicyclic) bond motifs is 1. The van der Waals surface area contributed by atoms with Gasteiger partial charge in [0.25, 0.3) is 5.91 Å². The molecule has 0 fully saturated rings. The van der Waals surface area contributed by atoms with Crippen molar-refractivity contribution in [1.29, 1.82) is 0 Å². The maximum Gasteiger partial charge on any atom is 0.336 e. The third-order valence-electron chi connectivity index (χ3n) is 3.92. The van der Waals surface area contributed by atoms with Crippen molar-refractivity contribution < 1.29 is 18.9 Å². The Kier molecular flexibility index (Phi) is 5.16. The minimum atomic E-state index is -0.610. The summed E-state index contributed by atoms with van der Waals surface area (Å²) in [6.07, 6.45) is 0. The van der Waals surface area contributed by atoms with Crippen LogP contribution in [0.5, 0.6) is 5.75 Å². The van der Waals surface area contributed by atoms with Gasteiger partial charge in [0.05, 0.1) is 4.92 Å². The van der Waals surface area contributed by atoms with Gasteiger partial charge in [-0.3, -0.25) is 14.9 Å². The number of benzene rings is 2. The number of hydrogen-bond donors (Lipinski definition) is 1. The fraction of sp³-hybridized carbons (Fsp3) is 0.158. The van der Waals surface area contributed by atoms with Crippen molar-refractivity contribution in [3.63, 3.8) is 0 Å².